The summed E-state index contributed by atoms with van der Waals surface area (Å²) in [4.78, 5) is 0. The van der Waals surface area contributed by atoms with Gasteiger partial charge >= 0.3 is 0 Å². The van der Waals surface area contributed by atoms with E-state index in [9.17, 15) is 0 Å². The van der Waals surface area contributed by atoms with Crippen LogP contribution in [0.15, 0.2) is 121 Å². The van der Waals surface area contributed by atoms with Gasteiger partial charge in [-0.3, -0.25) is 0 Å². The smallest absolute Gasteiger partial charge is 0.0203 e. The first-order valence-electron chi connectivity index (χ1n) is 18.7. The third-order valence-electron chi connectivity index (χ3n) is 11.8. The van der Waals surface area contributed by atoms with Gasteiger partial charge in [-0.25, -0.2) is 0 Å². The Morgan fingerprint density at radius 1 is 0.420 bits per heavy atom. The second-order valence-corrected chi connectivity index (χ2v) is 15.2. The van der Waals surface area contributed by atoms with Crippen molar-refractivity contribution in [3.63, 3.8) is 0 Å². The summed E-state index contributed by atoms with van der Waals surface area (Å²) >= 11 is 0. The molecule has 0 N–H and O–H groups in total. The molecule has 0 unspecified atom stereocenters. The minimum atomic E-state index is -0.0547. The Kier molecular flexibility index (Phi) is 9.65. The van der Waals surface area contributed by atoms with Crippen LogP contribution in [0.2, 0.25) is 0 Å². The maximum atomic E-state index is 2.61. The summed E-state index contributed by atoms with van der Waals surface area (Å²) in [6, 6.07) is 46.5. The summed E-state index contributed by atoms with van der Waals surface area (Å²) in [5, 5.41) is 0. The van der Waals surface area contributed by atoms with Gasteiger partial charge in [-0.1, -0.05) is 140 Å². The van der Waals surface area contributed by atoms with Crippen molar-refractivity contribution in [3.05, 3.63) is 188 Å². The molecule has 0 spiro atoms. The van der Waals surface area contributed by atoms with Crippen LogP contribution in [0.4, 0.5) is 0 Å². The predicted octanol–water partition coefficient (Wildman–Crippen LogP) is 13.3. The van der Waals surface area contributed by atoms with Gasteiger partial charge < -0.3 is 0 Å². The first kappa shape index (κ1) is 33.8. The molecule has 0 bridgehead atoms. The van der Waals surface area contributed by atoms with Gasteiger partial charge in [0.2, 0.25) is 0 Å². The highest BCUT2D eigenvalue weighted by Gasteiger charge is 2.37. The molecule has 0 radical (unpaired) electrons. The molecule has 1 aliphatic carbocycles. The van der Waals surface area contributed by atoms with E-state index in [-0.39, 0.29) is 5.41 Å². The van der Waals surface area contributed by atoms with Crippen LogP contribution in [0.3, 0.4) is 0 Å². The molecule has 0 saturated heterocycles. The Bertz CT molecular complexity index is 1980. The van der Waals surface area contributed by atoms with Crippen molar-refractivity contribution < 1.29 is 0 Å². The number of rotatable bonds is 8. The van der Waals surface area contributed by atoms with Crippen molar-refractivity contribution >= 4 is 0 Å². The van der Waals surface area contributed by atoms with E-state index in [0.29, 0.717) is 0 Å². The SMILES string of the molecule is Cc1ccc(Cc2cc(C3(c4cc(Cc5ccc(C)cc5C)c(C)c(-c5ccccc5)c4)CCCCC3)cc(-c3ccccc3)c2C)c(C)c1. The molecule has 0 amide bonds. The standard InChI is InChI=1S/C50H52/c1-34-20-22-42(36(3)26-34)28-44-30-46(32-48(38(44)5)40-16-10-7-11-17-40)50(24-14-9-15-25-50)47-31-45(29-43-23-21-35(2)27-37(43)4)39(6)49(33-47)41-18-12-8-13-19-41/h7-8,10-13,16-23,26-27,30-33H,9,14-15,24-25,28-29H2,1-6H3. The molecule has 0 heterocycles. The topological polar surface area (TPSA) is 0 Å². The highest BCUT2D eigenvalue weighted by molar-refractivity contribution is 5.73. The van der Waals surface area contributed by atoms with E-state index in [1.165, 1.54) is 121 Å². The molecule has 0 atom stereocenters. The van der Waals surface area contributed by atoms with E-state index in [4.69, 9.17) is 0 Å². The molecular weight excluding hydrogens is 601 g/mol. The molecule has 1 fully saturated rings. The molecule has 252 valence electrons. The summed E-state index contributed by atoms with van der Waals surface area (Å²) in [5.74, 6) is 0. The number of hydrogen-bond donors (Lipinski definition) is 0. The van der Waals surface area contributed by atoms with Crippen LogP contribution in [0.5, 0.6) is 0 Å². The molecule has 7 rings (SSSR count). The molecule has 0 heteroatoms. The second kappa shape index (κ2) is 14.3. The Hall–Kier alpha value is -4.68. The zero-order valence-corrected chi connectivity index (χ0v) is 31.0. The van der Waals surface area contributed by atoms with Gasteiger partial charge in [0.05, 0.1) is 0 Å². The van der Waals surface area contributed by atoms with E-state index in [1.54, 1.807) is 0 Å². The molecular formula is C50H52. The molecule has 0 aromatic heterocycles. The zero-order valence-electron chi connectivity index (χ0n) is 31.0. The van der Waals surface area contributed by atoms with Crippen molar-refractivity contribution in [1.29, 1.82) is 0 Å². The zero-order chi connectivity index (χ0) is 34.8. The monoisotopic (exact) mass is 652 g/mol. The van der Waals surface area contributed by atoms with Gasteiger partial charge in [0, 0.05) is 5.41 Å². The van der Waals surface area contributed by atoms with Crippen molar-refractivity contribution in [1.82, 2.24) is 0 Å². The van der Waals surface area contributed by atoms with Crippen molar-refractivity contribution in [2.45, 2.75) is 91.9 Å². The first-order chi connectivity index (χ1) is 24.2. The van der Waals surface area contributed by atoms with Gasteiger partial charge in [0.15, 0.2) is 0 Å². The van der Waals surface area contributed by atoms with Crippen LogP contribution in [0, 0.1) is 41.5 Å². The van der Waals surface area contributed by atoms with E-state index < -0.39 is 0 Å². The van der Waals surface area contributed by atoms with Crippen LogP contribution in [0.1, 0.15) is 98.9 Å². The molecule has 1 aliphatic rings. The Morgan fingerprint density at radius 3 is 1.24 bits per heavy atom. The summed E-state index contributed by atoms with van der Waals surface area (Å²) < 4.78 is 0. The van der Waals surface area contributed by atoms with E-state index >= 15 is 0 Å². The van der Waals surface area contributed by atoms with Gasteiger partial charge in [0.1, 0.15) is 0 Å². The largest absolute Gasteiger partial charge is 0.0622 e. The minimum absolute atomic E-state index is 0.0547. The quantitative estimate of drug-likeness (QED) is 0.153. The molecule has 0 nitrogen and oxygen atoms in total. The Morgan fingerprint density at radius 2 is 0.840 bits per heavy atom. The van der Waals surface area contributed by atoms with E-state index in [1.807, 2.05) is 0 Å². The third-order valence-corrected chi connectivity index (χ3v) is 11.8. The summed E-state index contributed by atoms with van der Waals surface area (Å²) in [5.41, 5.74) is 22.2. The van der Waals surface area contributed by atoms with Crippen LogP contribution in [-0.2, 0) is 18.3 Å². The van der Waals surface area contributed by atoms with Gasteiger partial charge in [-0.05, 0) is 157 Å². The summed E-state index contributed by atoms with van der Waals surface area (Å²) in [6.45, 7) is 13.6. The highest BCUT2D eigenvalue weighted by Crippen LogP contribution is 2.49. The number of benzene rings is 6. The fourth-order valence-corrected chi connectivity index (χ4v) is 8.70. The maximum Gasteiger partial charge on any atom is 0.0203 e. The lowest BCUT2D eigenvalue weighted by Crippen LogP contribution is -2.31. The Balaban J connectivity index is 1.46. The van der Waals surface area contributed by atoms with Crippen LogP contribution >= 0.6 is 0 Å². The number of hydrogen-bond acceptors (Lipinski definition) is 0. The van der Waals surface area contributed by atoms with Gasteiger partial charge in [-0.15, -0.1) is 0 Å². The third kappa shape index (κ3) is 6.74. The molecule has 0 aliphatic heterocycles. The highest BCUT2D eigenvalue weighted by atomic mass is 14.4. The second-order valence-electron chi connectivity index (χ2n) is 15.2. The lowest BCUT2D eigenvalue weighted by atomic mass is 9.63. The average Bonchev–Trinajstić information content (AvgIpc) is 3.13. The minimum Gasteiger partial charge on any atom is -0.0622 e. The van der Waals surface area contributed by atoms with Crippen molar-refractivity contribution in [2.24, 2.45) is 0 Å². The fourth-order valence-electron chi connectivity index (χ4n) is 8.70. The first-order valence-corrected chi connectivity index (χ1v) is 18.7. The van der Waals surface area contributed by atoms with Crippen LogP contribution in [0.25, 0.3) is 22.3 Å². The fraction of sp³-hybridized carbons (Fsp3) is 0.280. The normalized spacial score (nSPS) is 14.1. The number of aryl methyl sites for hydroxylation is 4. The van der Waals surface area contributed by atoms with Crippen molar-refractivity contribution in [3.8, 4) is 22.3 Å². The summed E-state index contributed by atoms with van der Waals surface area (Å²) in [6.07, 6.45) is 8.05. The average molecular weight is 653 g/mol. The molecule has 50 heavy (non-hydrogen) atoms. The van der Waals surface area contributed by atoms with Crippen LogP contribution < -0.4 is 0 Å². The maximum absolute atomic E-state index is 2.61. The molecule has 6 aromatic rings. The van der Waals surface area contributed by atoms with Gasteiger partial charge in [-0.2, -0.15) is 0 Å². The lowest BCUT2D eigenvalue weighted by Gasteiger charge is -2.40. The van der Waals surface area contributed by atoms with Crippen molar-refractivity contribution in [2.75, 3.05) is 0 Å². The lowest BCUT2D eigenvalue weighted by molar-refractivity contribution is 0.345. The van der Waals surface area contributed by atoms with E-state index in [0.717, 1.165) is 12.8 Å². The summed E-state index contributed by atoms with van der Waals surface area (Å²) in [7, 11) is 0. The van der Waals surface area contributed by atoms with E-state index in [2.05, 4.69) is 163 Å². The Labute approximate surface area is 301 Å². The molecule has 6 aromatic carbocycles. The van der Waals surface area contributed by atoms with Gasteiger partial charge in [0.25, 0.3) is 0 Å². The predicted molar refractivity (Wildman–Crippen MR) is 215 cm³/mol. The molecule has 1 saturated carbocycles. The van der Waals surface area contributed by atoms with Crippen LogP contribution in [-0.4, -0.2) is 0 Å².